The molecule has 0 radical (unpaired) electrons. The van der Waals surface area contributed by atoms with Crippen molar-refractivity contribution in [2.45, 2.75) is 20.8 Å². The smallest absolute Gasteiger partial charge is 0.356 e. The van der Waals surface area contributed by atoms with E-state index in [2.05, 4.69) is 10.2 Å². The summed E-state index contributed by atoms with van der Waals surface area (Å²) < 4.78 is 6.42. The minimum Gasteiger partial charge on any atom is -0.461 e. The third kappa shape index (κ3) is 1.82. The van der Waals surface area contributed by atoms with Crippen molar-refractivity contribution in [2.75, 3.05) is 6.61 Å². The second-order valence-corrected chi connectivity index (χ2v) is 4.61. The topological polar surface area (TPSA) is 73.6 Å². The molecule has 0 spiro atoms. The van der Waals surface area contributed by atoms with Crippen molar-refractivity contribution in [2.24, 2.45) is 0 Å². The minimum atomic E-state index is -0.460. The molecule has 0 saturated heterocycles. The molecule has 0 aliphatic rings. The van der Waals surface area contributed by atoms with Crippen molar-refractivity contribution in [3.63, 3.8) is 0 Å². The lowest BCUT2D eigenvalue weighted by Crippen LogP contribution is -2.12. The molecule has 90 valence electrons. The lowest BCUT2D eigenvalue weighted by atomic mass is 10.3. The molecule has 0 aromatic carbocycles. The molecule has 0 aliphatic carbocycles. The average Bonchev–Trinajstić information content (AvgIpc) is 2.74. The van der Waals surface area contributed by atoms with E-state index in [1.54, 1.807) is 13.8 Å². The third-order valence-electron chi connectivity index (χ3n) is 2.22. The Bertz CT molecular complexity index is 599. The summed E-state index contributed by atoms with van der Waals surface area (Å²) in [4.78, 5) is 24.5. The second kappa shape index (κ2) is 4.25. The first kappa shape index (κ1) is 11.7. The molecule has 2 aromatic rings. The minimum absolute atomic E-state index is 0.160. The fraction of sp³-hybridized carbons (Fsp3) is 0.400. The summed E-state index contributed by atoms with van der Waals surface area (Å²) in [6, 6.07) is 0. The molecule has 0 saturated carbocycles. The fourth-order valence-electron chi connectivity index (χ4n) is 1.54. The molecule has 17 heavy (non-hydrogen) atoms. The SMILES string of the molecule is CCOC(=O)c1c(C)sc2nnc(C(C)=O)n12. The van der Waals surface area contributed by atoms with Gasteiger partial charge in [0.2, 0.25) is 10.8 Å². The van der Waals surface area contributed by atoms with E-state index in [1.807, 2.05) is 0 Å². The first-order valence-electron chi connectivity index (χ1n) is 5.08. The third-order valence-corrected chi connectivity index (χ3v) is 3.16. The number of aryl methyl sites for hydroxylation is 1. The Morgan fingerprint density at radius 1 is 1.41 bits per heavy atom. The van der Waals surface area contributed by atoms with Crippen LogP contribution in [0.4, 0.5) is 0 Å². The number of thiazole rings is 1. The fourth-order valence-corrected chi connectivity index (χ4v) is 2.44. The van der Waals surface area contributed by atoms with E-state index in [1.165, 1.54) is 22.7 Å². The number of Topliss-reactive ketones (excluding diaryl/α,β-unsaturated/α-hetero) is 1. The maximum Gasteiger partial charge on any atom is 0.356 e. The predicted molar refractivity (Wildman–Crippen MR) is 61.6 cm³/mol. The van der Waals surface area contributed by atoms with Crippen LogP contribution in [-0.4, -0.2) is 33.0 Å². The summed E-state index contributed by atoms with van der Waals surface area (Å²) in [5.74, 6) is -0.535. The highest BCUT2D eigenvalue weighted by Crippen LogP contribution is 2.23. The van der Waals surface area contributed by atoms with E-state index >= 15 is 0 Å². The number of aromatic nitrogens is 3. The number of carbonyl (C=O) groups excluding carboxylic acids is 2. The summed E-state index contributed by atoms with van der Waals surface area (Å²) in [7, 11) is 0. The van der Waals surface area contributed by atoms with Gasteiger partial charge in [0.15, 0.2) is 5.78 Å². The molecule has 2 rings (SSSR count). The van der Waals surface area contributed by atoms with Crippen molar-refractivity contribution in [1.29, 1.82) is 0 Å². The van der Waals surface area contributed by atoms with Crippen molar-refractivity contribution in [3.8, 4) is 0 Å². The van der Waals surface area contributed by atoms with Crippen molar-refractivity contribution >= 4 is 28.1 Å². The lowest BCUT2D eigenvalue weighted by molar-refractivity contribution is 0.0517. The molecular formula is C10H11N3O3S. The van der Waals surface area contributed by atoms with Gasteiger partial charge in [0.25, 0.3) is 0 Å². The number of nitrogens with zero attached hydrogens (tertiary/aromatic N) is 3. The Labute approximate surface area is 101 Å². The van der Waals surface area contributed by atoms with Crippen LogP contribution >= 0.6 is 11.3 Å². The van der Waals surface area contributed by atoms with Crippen LogP contribution in [0.1, 0.15) is 39.8 Å². The van der Waals surface area contributed by atoms with Crippen LogP contribution in [0.5, 0.6) is 0 Å². The lowest BCUT2D eigenvalue weighted by Gasteiger charge is -2.02. The molecule has 2 heterocycles. The van der Waals surface area contributed by atoms with Gasteiger partial charge in [-0.3, -0.25) is 9.20 Å². The van der Waals surface area contributed by atoms with Gasteiger partial charge in [-0.15, -0.1) is 10.2 Å². The second-order valence-electron chi connectivity index (χ2n) is 3.43. The Kier molecular flexibility index (Phi) is 2.93. The molecule has 0 atom stereocenters. The number of ether oxygens (including phenoxy) is 1. The van der Waals surface area contributed by atoms with E-state index in [-0.39, 0.29) is 18.2 Å². The summed E-state index contributed by atoms with van der Waals surface area (Å²) in [6.07, 6.45) is 0. The van der Waals surface area contributed by atoms with Gasteiger partial charge in [0.05, 0.1) is 6.61 Å². The molecule has 0 aliphatic heterocycles. The van der Waals surface area contributed by atoms with Gasteiger partial charge in [0, 0.05) is 11.8 Å². The quantitative estimate of drug-likeness (QED) is 0.612. The monoisotopic (exact) mass is 253 g/mol. The largest absolute Gasteiger partial charge is 0.461 e. The van der Waals surface area contributed by atoms with Gasteiger partial charge in [-0.1, -0.05) is 11.3 Å². The molecule has 0 bridgehead atoms. The number of ketones is 1. The predicted octanol–water partition coefficient (Wildman–Crippen LogP) is 1.48. The van der Waals surface area contributed by atoms with Crippen LogP contribution in [0.2, 0.25) is 0 Å². The highest BCUT2D eigenvalue weighted by Gasteiger charge is 2.23. The number of fused-ring (bicyclic) bond motifs is 1. The first-order chi connectivity index (χ1) is 8.06. The average molecular weight is 253 g/mol. The number of hydrogen-bond donors (Lipinski definition) is 0. The van der Waals surface area contributed by atoms with Crippen LogP contribution < -0.4 is 0 Å². The Balaban J connectivity index is 2.67. The Hall–Kier alpha value is -1.76. The first-order valence-corrected chi connectivity index (χ1v) is 5.90. The van der Waals surface area contributed by atoms with Crippen molar-refractivity contribution in [3.05, 3.63) is 16.4 Å². The highest BCUT2D eigenvalue weighted by atomic mass is 32.1. The van der Waals surface area contributed by atoms with Crippen LogP contribution in [0, 0.1) is 6.92 Å². The summed E-state index contributed by atoms with van der Waals surface area (Å²) in [6.45, 7) is 5.19. The van der Waals surface area contributed by atoms with Crippen LogP contribution in [-0.2, 0) is 4.74 Å². The van der Waals surface area contributed by atoms with Crippen molar-refractivity contribution in [1.82, 2.24) is 14.6 Å². The zero-order chi connectivity index (χ0) is 12.6. The molecule has 6 nitrogen and oxygen atoms in total. The van der Waals surface area contributed by atoms with Gasteiger partial charge in [-0.2, -0.15) is 0 Å². The number of esters is 1. The molecular weight excluding hydrogens is 242 g/mol. The van der Waals surface area contributed by atoms with Gasteiger partial charge in [-0.25, -0.2) is 4.79 Å². The van der Waals surface area contributed by atoms with Crippen LogP contribution in [0.3, 0.4) is 0 Å². The Morgan fingerprint density at radius 2 is 2.12 bits per heavy atom. The van der Waals surface area contributed by atoms with E-state index in [0.717, 1.165) is 4.88 Å². The molecule has 0 unspecified atom stereocenters. The zero-order valence-electron chi connectivity index (χ0n) is 9.68. The molecule has 0 fully saturated rings. The normalized spacial score (nSPS) is 10.8. The van der Waals surface area contributed by atoms with Gasteiger partial charge >= 0.3 is 5.97 Å². The summed E-state index contributed by atoms with van der Waals surface area (Å²) in [5.41, 5.74) is 0.335. The number of carbonyl (C=O) groups is 2. The summed E-state index contributed by atoms with van der Waals surface area (Å²) >= 11 is 1.31. The maximum atomic E-state index is 11.8. The van der Waals surface area contributed by atoms with Crippen LogP contribution in [0.15, 0.2) is 0 Å². The molecule has 7 heteroatoms. The van der Waals surface area contributed by atoms with Crippen molar-refractivity contribution < 1.29 is 14.3 Å². The van der Waals surface area contributed by atoms with Gasteiger partial charge in [0.1, 0.15) is 5.69 Å². The van der Waals surface area contributed by atoms with Gasteiger partial charge in [-0.05, 0) is 13.8 Å². The zero-order valence-corrected chi connectivity index (χ0v) is 10.5. The standard InChI is InChI=1S/C10H11N3O3S/c1-4-16-9(15)7-6(3)17-10-12-11-8(5(2)14)13(7)10/h4H2,1-3H3. The Morgan fingerprint density at radius 3 is 2.71 bits per heavy atom. The van der Waals surface area contributed by atoms with E-state index in [0.29, 0.717) is 10.7 Å². The maximum absolute atomic E-state index is 11.8. The molecule has 0 amide bonds. The highest BCUT2D eigenvalue weighted by molar-refractivity contribution is 7.17. The number of rotatable bonds is 3. The number of hydrogen-bond acceptors (Lipinski definition) is 6. The van der Waals surface area contributed by atoms with Crippen LogP contribution in [0.25, 0.3) is 4.96 Å². The van der Waals surface area contributed by atoms with E-state index in [9.17, 15) is 9.59 Å². The summed E-state index contributed by atoms with van der Waals surface area (Å²) in [5, 5.41) is 7.63. The van der Waals surface area contributed by atoms with E-state index in [4.69, 9.17) is 4.74 Å². The molecule has 2 aromatic heterocycles. The van der Waals surface area contributed by atoms with Gasteiger partial charge < -0.3 is 4.74 Å². The van der Waals surface area contributed by atoms with E-state index < -0.39 is 5.97 Å². The molecule has 0 N–H and O–H groups in total.